The van der Waals surface area contributed by atoms with Crippen molar-refractivity contribution in [2.75, 3.05) is 0 Å². The highest BCUT2D eigenvalue weighted by Gasteiger charge is 2.52. The number of allylic oxidation sites excluding steroid dienone is 2. The van der Waals surface area contributed by atoms with E-state index in [1.54, 1.807) is 0 Å². The molecule has 0 rings (SSSR count). The van der Waals surface area contributed by atoms with Crippen LogP contribution in [0.5, 0.6) is 0 Å². The van der Waals surface area contributed by atoms with Gasteiger partial charge in [0.25, 0.3) is 0 Å². The summed E-state index contributed by atoms with van der Waals surface area (Å²) in [6.07, 6.45) is -11.1. The maximum atomic E-state index is 12.0. The summed E-state index contributed by atoms with van der Waals surface area (Å²) in [4.78, 5) is 0. The summed E-state index contributed by atoms with van der Waals surface area (Å²) in [5.41, 5.74) is 0. The summed E-state index contributed by atoms with van der Waals surface area (Å²) in [5.74, 6) is 0. The molecule has 0 fully saturated rings. The molecular formula is C6H3Cl3F6. The van der Waals surface area contributed by atoms with Gasteiger partial charge in [-0.3, -0.25) is 0 Å². The molecule has 0 atom stereocenters. The maximum Gasteiger partial charge on any atom is 0.426 e. The molecule has 0 unspecified atom stereocenters. The SMILES string of the molecule is FC(F)(F)/C(Cl)=C/CC(Cl)(Cl)C(F)(F)F. The second kappa shape index (κ2) is 4.59. The van der Waals surface area contributed by atoms with Crippen molar-refractivity contribution in [2.45, 2.75) is 23.1 Å². The van der Waals surface area contributed by atoms with Crippen LogP contribution in [0, 0.1) is 0 Å². The van der Waals surface area contributed by atoms with E-state index in [1.165, 1.54) is 0 Å². The van der Waals surface area contributed by atoms with Gasteiger partial charge in [-0.2, -0.15) is 26.3 Å². The molecule has 0 aliphatic rings. The average Bonchev–Trinajstić information content (AvgIpc) is 1.96. The number of hydrogen-bond acceptors (Lipinski definition) is 0. The van der Waals surface area contributed by atoms with Gasteiger partial charge in [-0.1, -0.05) is 40.9 Å². The van der Waals surface area contributed by atoms with Crippen LogP contribution < -0.4 is 0 Å². The third-order valence-electron chi connectivity index (χ3n) is 1.22. The maximum absolute atomic E-state index is 12.0. The van der Waals surface area contributed by atoms with Crippen molar-refractivity contribution in [1.29, 1.82) is 0 Å². The minimum absolute atomic E-state index is 0.0784. The van der Waals surface area contributed by atoms with E-state index in [2.05, 4.69) is 11.6 Å². The lowest BCUT2D eigenvalue weighted by molar-refractivity contribution is -0.141. The van der Waals surface area contributed by atoms with E-state index in [0.717, 1.165) is 0 Å². The first-order valence-electron chi connectivity index (χ1n) is 3.25. The van der Waals surface area contributed by atoms with Crippen molar-refractivity contribution in [2.24, 2.45) is 0 Å². The Bertz CT molecular complexity index is 251. The lowest BCUT2D eigenvalue weighted by atomic mass is 10.2. The molecule has 0 bridgehead atoms. The molecule has 0 N–H and O–H groups in total. The van der Waals surface area contributed by atoms with Gasteiger partial charge in [-0.05, 0) is 0 Å². The van der Waals surface area contributed by atoms with Crippen molar-refractivity contribution < 1.29 is 26.3 Å². The fourth-order valence-electron chi connectivity index (χ4n) is 0.449. The second-order valence-corrected chi connectivity index (χ2v) is 4.35. The van der Waals surface area contributed by atoms with Gasteiger partial charge in [-0.15, -0.1) is 0 Å². The summed E-state index contributed by atoms with van der Waals surface area (Å²) in [5, 5.41) is -1.70. The minimum Gasteiger partial charge on any atom is -0.168 e. The normalized spacial score (nSPS) is 15.7. The molecule has 90 valence electrons. The number of alkyl halides is 8. The minimum atomic E-state index is -5.03. The third-order valence-corrected chi connectivity index (χ3v) is 2.33. The zero-order valence-electron chi connectivity index (χ0n) is 6.69. The molecule has 0 nitrogen and oxygen atoms in total. The Balaban J connectivity index is 4.65. The van der Waals surface area contributed by atoms with Crippen molar-refractivity contribution in [3.8, 4) is 0 Å². The quantitative estimate of drug-likeness (QED) is 0.507. The summed E-state index contributed by atoms with van der Waals surface area (Å²) in [6.45, 7) is 0. The Morgan fingerprint density at radius 1 is 1.00 bits per heavy atom. The van der Waals surface area contributed by atoms with E-state index in [4.69, 9.17) is 23.2 Å². The zero-order chi connectivity index (χ0) is 12.5. The van der Waals surface area contributed by atoms with Crippen molar-refractivity contribution in [3.05, 3.63) is 11.1 Å². The molecule has 0 saturated carbocycles. The Morgan fingerprint density at radius 2 is 1.40 bits per heavy atom. The highest BCUT2D eigenvalue weighted by Crippen LogP contribution is 2.43. The predicted molar refractivity (Wildman–Crippen MR) is 45.1 cm³/mol. The van der Waals surface area contributed by atoms with E-state index in [9.17, 15) is 26.3 Å². The van der Waals surface area contributed by atoms with Gasteiger partial charge < -0.3 is 0 Å². The fourth-order valence-corrected chi connectivity index (χ4v) is 0.681. The van der Waals surface area contributed by atoms with Gasteiger partial charge in [0.1, 0.15) is 5.03 Å². The molecule has 9 heteroatoms. The van der Waals surface area contributed by atoms with Crippen molar-refractivity contribution >= 4 is 34.8 Å². The molecule has 0 aliphatic heterocycles. The first kappa shape index (κ1) is 15.2. The largest absolute Gasteiger partial charge is 0.426 e. The van der Waals surface area contributed by atoms with E-state index in [0.29, 0.717) is 0 Å². The molecular weight excluding hydrogens is 292 g/mol. The zero-order valence-corrected chi connectivity index (χ0v) is 8.95. The molecule has 0 aromatic carbocycles. The first-order chi connectivity index (χ1) is 6.38. The molecule has 0 amide bonds. The van der Waals surface area contributed by atoms with Gasteiger partial charge in [0.2, 0.25) is 4.33 Å². The van der Waals surface area contributed by atoms with Crippen molar-refractivity contribution in [1.82, 2.24) is 0 Å². The van der Waals surface area contributed by atoms with Gasteiger partial charge in [-0.25, -0.2) is 0 Å². The van der Waals surface area contributed by atoms with Gasteiger partial charge in [0.15, 0.2) is 0 Å². The molecule has 0 saturated heterocycles. The lowest BCUT2D eigenvalue weighted by Crippen LogP contribution is -2.33. The van der Waals surface area contributed by atoms with E-state index < -0.39 is 28.1 Å². The van der Waals surface area contributed by atoms with Crippen molar-refractivity contribution in [3.63, 3.8) is 0 Å². The first-order valence-corrected chi connectivity index (χ1v) is 4.39. The van der Waals surface area contributed by atoms with Crippen LogP contribution in [0.4, 0.5) is 26.3 Å². The van der Waals surface area contributed by atoms with Crippen LogP contribution in [-0.2, 0) is 0 Å². The average molecular weight is 295 g/mol. The van der Waals surface area contributed by atoms with E-state index in [-0.39, 0.29) is 6.08 Å². The Labute approximate surface area is 95.8 Å². The molecule has 0 spiro atoms. The standard InChI is InChI=1S/C6H3Cl3F6/c7-3(5(10,11)12)1-2-4(8,9)6(13,14)15/h1H,2H2/b3-1-. The summed E-state index contributed by atoms with van der Waals surface area (Å²) in [7, 11) is 0. The van der Waals surface area contributed by atoms with Crippen LogP contribution in [0.1, 0.15) is 6.42 Å². The van der Waals surface area contributed by atoms with Gasteiger partial charge in [0.05, 0.1) is 0 Å². The summed E-state index contributed by atoms with van der Waals surface area (Å²) < 4.78 is 67.9. The number of halogens is 9. The van der Waals surface area contributed by atoms with Gasteiger partial charge in [0, 0.05) is 6.42 Å². The van der Waals surface area contributed by atoms with Crippen LogP contribution in [0.25, 0.3) is 0 Å². The molecule has 0 aromatic rings. The Morgan fingerprint density at radius 3 is 1.67 bits per heavy atom. The molecule has 15 heavy (non-hydrogen) atoms. The third kappa shape index (κ3) is 4.70. The van der Waals surface area contributed by atoms with Crippen LogP contribution in [0.3, 0.4) is 0 Å². The van der Waals surface area contributed by atoms with Crippen LogP contribution in [0.2, 0.25) is 0 Å². The number of hydrogen-bond donors (Lipinski definition) is 0. The molecule has 0 heterocycles. The second-order valence-electron chi connectivity index (χ2n) is 2.46. The molecule has 0 aliphatic carbocycles. The highest BCUT2D eigenvalue weighted by atomic mass is 35.5. The van der Waals surface area contributed by atoms with E-state index in [1.807, 2.05) is 0 Å². The Kier molecular flexibility index (Phi) is 4.65. The molecule has 0 radical (unpaired) electrons. The van der Waals surface area contributed by atoms with Crippen LogP contribution >= 0.6 is 34.8 Å². The van der Waals surface area contributed by atoms with E-state index >= 15 is 0 Å². The van der Waals surface area contributed by atoms with Crippen LogP contribution in [0.15, 0.2) is 11.1 Å². The highest BCUT2D eigenvalue weighted by molar-refractivity contribution is 6.49. The lowest BCUT2D eigenvalue weighted by Gasteiger charge is -2.21. The van der Waals surface area contributed by atoms with Crippen LogP contribution in [-0.4, -0.2) is 16.7 Å². The summed E-state index contributed by atoms with van der Waals surface area (Å²) in [6, 6.07) is 0. The fraction of sp³-hybridized carbons (Fsp3) is 0.667. The monoisotopic (exact) mass is 294 g/mol. The topological polar surface area (TPSA) is 0 Å². The Hall–Kier alpha value is 0.190. The summed E-state index contributed by atoms with van der Waals surface area (Å²) >= 11 is 14.2. The van der Waals surface area contributed by atoms with Gasteiger partial charge >= 0.3 is 12.4 Å². The number of rotatable bonds is 2. The smallest absolute Gasteiger partial charge is 0.168 e. The predicted octanol–water partition coefficient (Wildman–Crippen LogP) is 4.80. The molecule has 0 aromatic heterocycles.